The molecule has 1 heterocycles. The summed E-state index contributed by atoms with van der Waals surface area (Å²) in [4.78, 5) is 14.1. The molecule has 4 aliphatic rings. The van der Waals surface area contributed by atoms with E-state index in [0.717, 1.165) is 49.8 Å². The maximum absolute atomic E-state index is 15.9. The Labute approximate surface area is 209 Å². The van der Waals surface area contributed by atoms with Crippen LogP contribution in [0.1, 0.15) is 77.6 Å². The van der Waals surface area contributed by atoms with Crippen LogP contribution in [0.4, 0.5) is 22.0 Å². The number of rotatable bonds is 8. The van der Waals surface area contributed by atoms with E-state index >= 15 is 4.39 Å². The second-order valence-corrected chi connectivity index (χ2v) is 13.3. The van der Waals surface area contributed by atoms with Crippen molar-refractivity contribution < 1.29 is 40.3 Å². The van der Waals surface area contributed by atoms with Crippen LogP contribution in [0.15, 0.2) is 0 Å². The highest BCUT2D eigenvalue weighted by atomic mass is 32.2. The maximum atomic E-state index is 15.9. The molecule has 4 unspecified atom stereocenters. The van der Waals surface area contributed by atoms with Gasteiger partial charge in [0.25, 0.3) is 22.4 Å². The summed E-state index contributed by atoms with van der Waals surface area (Å²) in [5.74, 6) is -5.47. The first-order chi connectivity index (χ1) is 16.8. The lowest BCUT2D eigenvalue weighted by molar-refractivity contribution is -0.167. The SMILES string of the molecule is CC(O)(C(=O)N1CC2(CC2)[C@H](NS(=O)(=O)C(F)F)[C@@H]1CC1CCCC(C2CCCCC2)C1F)C(F)F. The van der Waals surface area contributed by atoms with Gasteiger partial charge in [-0.3, -0.25) is 4.79 Å². The number of amides is 1. The highest BCUT2D eigenvalue weighted by Crippen LogP contribution is 2.57. The molecule has 0 bridgehead atoms. The van der Waals surface area contributed by atoms with Gasteiger partial charge in [0, 0.05) is 24.0 Å². The highest BCUT2D eigenvalue weighted by molar-refractivity contribution is 7.89. The summed E-state index contributed by atoms with van der Waals surface area (Å²) in [6, 6.07) is -2.26. The van der Waals surface area contributed by atoms with Crippen molar-refractivity contribution in [1.82, 2.24) is 9.62 Å². The smallest absolute Gasteiger partial charge is 0.350 e. The van der Waals surface area contributed by atoms with Gasteiger partial charge in [0.2, 0.25) is 5.60 Å². The van der Waals surface area contributed by atoms with Gasteiger partial charge in [-0.15, -0.1) is 0 Å². The molecule has 6 nitrogen and oxygen atoms in total. The molecule has 1 spiro atoms. The first-order valence-electron chi connectivity index (χ1n) is 13.0. The maximum Gasteiger partial charge on any atom is 0.350 e. The second-order valence-electron chi connectivity index (χ2n) is 11.6. The predicted molar refractivity (Wildman–Crippen MR) is 123 cm³/mol. The Bertz CT molecular complexity index is 908. The number of nitrogens with zero attached hydrogens (tertiary/aromatic N) is 1. The number of carbonyl (C=O) groups is 1. The summed E-state index contributed by atoms with van der Waals surface area (Å²) < 4.78 is 95.8. The van der Waals surface area contributed by atoms with Gasteiger partial charge in [-0.1, -0.05) is 38.5 Å². The van der Waals surface area contributed by atoms with Crippen LogP contribution in [0, 0.1) is 23.2 Å². The van der Waals surface area contributed by atoms with Crippen molar-refractivity contribution in [3.63, 3.8) is 0 Å². The molecule has 4 rings (SSSR count). The molecule has 3 aliphatic carbocycles. The second kappa shape index (κ2) is 10.3. The van der Waals surface area contributed by atoms with Crippen LogP contribution >= 0.6 is 0 Å². The zero-order valence-corrected chi connectivity index (χ0v) is 21.3. The number of hydrogen-bond donors (Lipinski definition) is 2. The monoisotopic (exact) mass is 544 g/mol. The third-order valence-corrected chi connectivity index (χ3v) is 10.3. The third-order valence-electron chi connectivity index (χ3n) is 9.24. The molecule has 3 saturated carbocycles. The highest BCUT2D eigenvalue weighted by Gasteiger charge is 2.64. The fourth-order valence-electron chi connectivity index (χ4n) is 6.97. The van der Waals surface area contributed by atoms with Crippen LogP contribution in [0.25, 0.3) is 0 Å². The lowest BCUT2D eigenvalue weighted by atomic mass is 9.68. The van der Waals surface area contributed by atoms with Gasteiger partial charge >= 0.3 is 5.76 Å². The third kappa shape index (κ3) is 5.28. The molecule has 1 saturated heterocycles. The van der Waals surface area contributed by atoms with E-state index in [2.05, 4.69) is 0 Å². The Morgan fingerprint density at radius 1 is 1.08 bits per heavy atom. The normalized spacial score (nSPS) is 34.9. The molecule has 1 aliphatic heterocycles. The zero-order chi connectivity index (χ0) is 26.5. The number of carbonyl (C=O) groups excluding carboxylic acids is 1. The molecule has 36 heavy (non-hydrogen) atoms. The van der Waals surface area contributed by atoms with Crippen LogP contribution in [-0.2, 0) is 14.8 Å². The summed E-state index contributed by atoms with van der Waals surface area (Å²) in [7, 11) is -5.05. The minimum atomic E-state index is -5.05. The van der Waals surface area contributed by atoms with Gasteiger partial charge in [0.1, 0.15) is 6.17 Å². The molecule has 1 amide bonds. The average molecular weight is 545 g/mol. The van der Waals surface area contributed by atoms with E-state index in [9.17, 15) is 35.9 Å². The summed E-state index contributed by atoms with van der Waals surface area (Å²) >= 11 is 0. The fraction of sp³-hybridized carbons (Fsp3) is 0.958. The van der Waals surface area contributed by atoms with Crippen molar-refractivity contribution in [2.75, 3.05) is 6.54 Å². The van der Waals surface area contributed by atoms with E-state index in [1.54, 1.807) is 0 Å². The van der Waals surface area contributed by atoms with Crippen molar-refractivity contribution in [1.29, 1.82) is 0 Å². The van der Waals surface area contributed by atoms with E-state index in [1.807, 2.05) is 4.72 Å². The molecule has 12 heteroatoms. The molecule has 4 fully saturated rings. The number of halogens is 5. The molecule has 6 atom stereocenters. The van der Waals surface area contributed by atoms with Gasteiger partial charge in [-0.2, -0.15) is 8.78 Å². The van der Waals surface area contributed by atoms with Crippen molar-refractivity contribution in [3.8, 4) is 0 Å². The molecule has 0 aromatic heterocycles. The first-order valence-corrected chi connectivity index (χ1v) is 14.6. The number of hydrogen-bond acceptors (Lipinski definition) is 4. The summed E-state index contributed by atoms with van der Waals surface area (Å²) in [6.07, 6.45) is 3.26. The summed E-state index contributed by atoms with van der Waals surface area (Å²) in [5, 5.41) is 10.2. The van der Waals surface area contributed by atoms with E-state index in [-0.39, 0.29) is 24.8 Å². The minimum absolute atomic E-state index is 0.0341. The Balaban J connectivity index is 1.62. The van der Waals surface area contributed by atoms with Crippen molar-refractivity contribution in [2.45, 2.75) is 114 Å². The standard InChI is InChI=1S/C24H37F5N2O4S/c1-23(33,20(26)27)21(32)31-13-24(10-11-24)19(30-36(34,35)22(28)29)17(31)12-15-8-5-9-16(18(15)25)14-6-3-2-4-7-14/h14-20,22,30,33H,2-13H2,1H3/t15?,16?,17-,18?,19+,23?/m0/s1. The lowest BCUT2D eigenvalue weighted by Gasteiger charge is -2.42. The van der Waals surface area contributed by atoms with Crippen molar-refractivity contribution in [2.24, 2.45) is 23.2 Å². The molecule has 0 aromatic rings. The first kappa shape index (κ1) is 28.0. The van der Waals surface area contributed by atoms with Crippen LogP contribution in [0.5, 0.6) is 0 Å². The van der Waals surface area contributed by atoms with E-state index in [1.165, 1.54) is 0 Å². The predicted octanol–water partition coefficient (Wildman–Crippen LogP) is 4.23. The Kier molecular flexibility index (Phi) is 8.00. The van der Waals surface area contributed by atoms with E-state index in [0.29, 0.717) is 26.2 Å². The minimum Gasteiger partial charge on any atom is -0.375 e. The lowest BCUT2D eigenvalue weighted by Crippen LogP contribution is -2.56. The van der Waals surface area contributed by atoms with Gasteiger partial charge in [0.05, 0.1) is 0 Å². The molecule has 2 N–H and O–H groups in total. The Morgan fingerprint density at radius 3 is 2.28 bits per heavy atom. The van der Waals surface area contributed by atoms with E-state index in [4.69, 9.17) is 0 Å². The quantitative estimate of drug-likeness (QED) is 0.448. The number of likely N-dealkylation sites (tertiary alicyclic amines) is 1. The zero-order valence-electron chi connectivity index (χ0n) is 20.5. The number of sulfonamides is 1. The average Bonchev–Trinajstić information content (AvgIpc) is 3.55. The number of nitrogens with one attached hydrogen (secondary N) is 1. The Hall–Kier alpha value is -1.01. The largest absolute Gasteiger partial charge is 0.375 e. The fourth-order valence-corrected chi connectivity index (χ4v) is 7.84. The van der Waals surface area contributed by atoms with Gasteiger partial charge < -0.3 is 10.0 Å². The molecular weight excluding hydrogens is 507 g/mol. The molecule has 0 aromatic carbocycles. The molecular formula is C24H37F5N2O4S. The van der Waals surface area contributed by atoms with Crippen LogP contribution in [0.3, 0.4) is 0 Å². The topological polar surface area (TPSA) is 86.7 Å². The van der Waals surface area contributed by atoms with Gasteiger partial charge in [-0.05, 0) is 56.8 Å². The summed E-state index contributed by atoms with van der Waals surface area (Å²) in [6.45, 7) is 0.538. The number of alkyl halides is 5. The van der Waals surface area contributed by atoms with Crippen LogP contribution in [0.2, 0.25) is 0 Å². The van der Waals surface area contributed by atoms with E-state index < -0.39 is 63.3 Å². The van der Waals surface area contributed by atoms with Gasteiger partial charge in [-0.25, -0.2) is 26.3 Å². The summed E-state index contributed by atoms with van der Waals surface area (Å²) in [5.41, 5.74) is -3.92. The van der Waals surface area contributed by atoms with Crippen LogP contribution < -0.4 is 4.72 Å². The van der Waals surface area contributed by atoms with Gasteiger partial charge in [0.15, 0.2) is 0 Å². The molecule has 0 radical (unpaired) electrons. The number of aliphatic hydroxyl groups is 1. The van der Waals surface area contributed by atoms with Crippen LogP contribution in [-0.4, -0.2) is 66.9 Å². The van der Waals surface area contributed by atoms with Crippen molar-refractivity contribution >= 4 is 15.9 Å². The Morgan fingerprint density at radius 2 is 1.72 bits per heavy atom. The van der Waals surface area contributed by atoms with Crippen molar-refractivity contribution in [3.05, 3.63) is 0 Å². The molecule has 208 valence electrons.